The van der Waals surface area contributed by atoms with Gasteiger partial charge in [-0.25, -0.2) is 0 Å². The van der Waals surface area contributed by atoms with Crippen LogP contribution in [-0.4, -0.2) is 45.4 Å². The maximum Gasteiger partial charge on any atom is 0.160 e. The molecular weight excluding hydrogens is 214 g/mol. The van der Waals surface area contributed by atoms with Crippen molar-refractivity contribution in [3.05, 3.63) is 23.8 Å². The molecule has 94 valence electrons. The number of ether oxygens (including phenoxy) is 2. The van der Waals surface area contributed by atoms with E-state index in [0.29, 0.717) is 0 Å². The molecule has 2 rings (SSSR count). The van der Waals surface area contributed by atoms with Gasteiger partial charge in [0, 0.05) is 12.8 Å². The molecule has 0 amide bonds. The lowest BCUT2D eigenvalue weighted by molar-refractivity contribution is -0.945. The van der Waals surface area contributed by atoms with Gasteiger partial charge in [0.2, 0.25) is 0 Å². The van der Waals surface area contributed by atoms with Crippen molar-refractivity contribution >= 4 is 0 Å². The first-order chi connectivity index (χ1) is 8.17. The summed E-state index contributed by atoms with van der Waals surface area (Å²) in [4.78, 5) is 0. The molecule has 1 saturated heterocycles. The first kappa shape index (κ1) is 12.2. The Morgan fingerprint density at radius 3 is 2.35 bits per heavy atom. The Labute approximate surface area is 104 Å². The van der Waals surface area contributed by atoms with Crippen LogP contribution in [0.5, 0.6) is 11.5 Å². The molecule has 0 radical (unpaired) electrons. The Bertz CT molecular complexity index is 386. The van der Waals surface area contributed by atoms with Crippen molar-refractivity contribution in [2.75, 3.05) is 40.9 Å². The summed E-state index contributed by atoms with van der Waals surface area (Å²) in [7, 11) is 5.69. The zero-order valence-corrected chi connectivity index (χ0v) is 11.0. The largest absolute Gasteiger partial charge is 0.493 e. The minimum atomic E-state index is 0.806. The average molecular weight is 236 g/mol. The quantitative estimate of drug-likeness (QED) is 0.729. The smallest absolute Gasteiger partial charge is 0.160 e. The van der Waals surface area contributed by atoms with Crippen molar-refractivity contribution in [1.29, 1.82) is 0 Å². The number of quaternary nitrogens is 1. The molecule has 0 spiro atoms. The van der Waals surface area contributed by atoms with E-state index in [0.717, 1.165) is 17.9 Å². The molecule has 0 aliphatic carbocycles. The third kappa shape index (κ3) is 2.72. The Morgan fingerprint density at radius 1 is 1.12 bits per heavy atom. The van der Waals surface area contributed by atoms with E-state index in [-0.39, 0.29) is 0 Å². The van der Waals surface area contributed by atoms with Crippen LogP contribution in [-0.2, 0) is 6.42 Å². The SMILES string of the molecule is COc1ccc(CC[N+]2(C)CCC2)cc1OC. The van der Waals surface area contributed by atoms with Crippen molar-refractivity contribution in [3.63, 3.8) is 0 Å². The van der Waals surface area contributed by atoms with E-state index in [2.05, 4.69) is 19.2 Å². The van der Waals surface area contributed by atoms with E-state index in [1.54, 1.807) is 14.2 Å². The van der Waals surface area contributed by atoms with E-state index >= 15 is 0 Å². The minimum Gasteiger partial charge on any atom is -0.493 e. The molecule has 0 aromatic heterocycles. The Hall–Kier alpha value is -1.22. The summed E-state index contributed by atoms with van der Waals surface area (Å²) in [5.74, 6) is 1.64. The molecule has 0 unspecified atom stereocenters. The van der Waals surface area contributed by atoms with E-state index in [9.17, 15) is 0 Å². The third-order valence-corrected chi connectivity index (χ3v) is 3.78. The summed E-state index contributed by atoms with van der Waals surface area (Å²) in [6.07, 6.45) is 2.49. The fourth-order valence-corrected chi connectivity index (χ4v) is 2.36. The van der Waals surface area contributed by atoms with Crippen LogP contribution in [0.15, 0.2) is 18.2 Å². The summed E-state index contributed by atoms with van der Waals surface area (Å²) in [5, 5.41) is 0. The molecule has 1 aliphatic heterocycles. The second-order valence-electron chi connectivity index (χ2n) is 5.08. The second kappa shape index (κ2) is 4.96. The number of hydrogen-bond acceptors (Lipinski definition) is 2. The van der Waals surface area contributed by atoms with Crippen LogP contribution < -0.4 is 9.47 Å². The first-order valence-corrected chi connectivity index (χ1v) is 6.21. The number of hydrogen-bond donors (Lipinski definition) is 0. The van der Waals surface area contributed by atoms with Gasteiger partial charge in [0.15, 0.2) is 11.5 Å². The predicted octanol–water partition coefficient (Wildman–Crippen LogP) is 2.10. The maximum atomic E-state index is 5.32. The molecule has 0 N–H and O–H groups in total. The number of likely N-dealkylation sites (tertiary alicyclic amines) is 1. The van der Waals surface area contributed by atoms with Gasteiger partial charge in [-0.1, -0.05) is 6.07 Å². The van der Waals surface area contributed by atoms with Gasteiger partial charge in [-0.15, -0.1) is 0 Å². The van der Waals surface area contributed by atoms with Gasteiger partial charge in [-0.05, 0) is 17.7 Å². The lowest BCUT2D eigenvalue weighted by atomic mass is 10.1. The highest BCUT2D eigenvalue weighted by atomic mass is 16.5. The van der Waals surface area contributed by atoms with Gasteiger partial charge >= 0.3 is 0 Å². The second-order valence-corrected chi connectivity index (χ2v) is 5.08. The van der Waals surface area contributed by atoms with E-state index in [1.165, 1.54) is 36.1 Å². The van der Waals surface area contributed by atoms with Gasteiger partial charge in [0.05, 0.1) is 40.9 Å². The average Bonchev–Trinajstić information content (AvgIpc) is 2.33. The zero-order valence-electron chi connectivity index (χ0n) is 11.0. The molecule has 0 atom stereocenters. The minimum absolute atomic E-state index is 0.806. The number of benzene rings is 1. The fourth-order valence-electron chi connectivity index (χ4n) is 2.36. The third-order valence-electron chi connectivity index (χ3n) is 3.78. The number of nitrogens with zero attached hydrogens (tertiary/aromatic N) is 1. The normalized spacial score (nSPS) is 17.4. The van der Waals surface area contributed by atoms with Crippen molar-refractivity contribution in [2.24, 2.45) is 0 Å². The summed E-state index contributed by atoms with van der Waals surface area (Å²) in [6, 6.07) is 6.21. The lowest BCUT2D eigenvalue weighted by Crippen LogP contribution is -2.55. The van der Waals surface area contributed by atoms with Crippen LogP contribution >= 0.6 is 0 Å². The van der Waals surface area contributed by atoms with Gasteiger partial charge in [-0.2, -0.15) is 0 Å². The Balaban J connectivity index is 2.01. The Kier molecular flexibility index (Phi) is 3.57. The van der Waals surface area contributed by atoms with E-state index in [1.807, 2.05) is 6.07 Å². The molecule has 1 heterocycles. The van der Waals surface area contributed by atoms with Crippen LogP contribution in [0.25, 0.3) is 0 Å². The Morgan fingerprint density at radius 2 is 1.82 bits per heavy atom. The van der Waals surface area contributed by atoms with Crippen LogP contribution in [0.3, 0.4) is 0 Å². The molecule has 0 bridgehead atoms. The predicted molar refractivity (Wildman–Crippen MR) is 68.7 cm³/mol. The summed E-state index contributed by atoms with van der Waals surface area (Å²) in [6.45, 7) is 3.87. The monoisotopic (exact) mass is 236 g/mol. The maximum absolute atomic E-state index is 5.32. The van der Waals surface area contributed by atoms with Crippen molar-refractivity contribution in [1.82, 2.24) is 0 Å². The summed E-state index contributed by atoms with van der Waals surface area (Å²) < 4.78 is 11.8. The molecule has 3 heteroatoms. The molecule has 17 heavy (non-hydrogen) atoms. The van der Waals surface area contributed by atoms with Crippen LogP contribution in [0.1, 0.15) is 12.0 Å². The zero-order chi connectivity index (χ0) is 12.3. The number of likely N-dealkylation sites (N-methyl/N-ethyl adjacent to an activating group) is 1. The molecule has 1 aromatic carbocycles. The molecule has 0 saturated carbocycles. The lowest BCUT2D eigenvalue weighted by Gasteiger charge is -2.42. The first-order valence-electron chi connectivity index (χ1n) is 6.21. The number of rotatable bonds is 5. The van der Waals surface area contributed by atoms with Crippen LogP contribution in [0.2, 0.25) is 0 Å². The van der Waals surface area contributed by atoms with Crippen molar-refractivity contribution in [2.45, 2.75) is 12.8 Å². The van der Waals surface area contributed by atoms with Crippen LogP contribution in [0, 0.1) is 0 Å². The highest BCUT2D eigenvalue weighted by Gasteiger charge is 2.29. The molecule has 3 nitrogen and oxygen atoms in total. The molecular formula is C14H22NO2+. The molecule has 1 aliphatic rings. The topological polar surface area (TPSA) is 18.5 Å². The fraction of sp³-hybridized carbons (Fsp3) is 0.571. The summed E-state index contributed by atoms with van der Waals surface area (Å²) >= 11 is 0. The highest BCUT2D eigenvalue weighted by Crippen LogP contribution is 2.28. The van der Waals surface area contributed by atoms with Gasteiger partial charge in [0.1, 0.15) is 0 Å². The van der Waals surface area contributed by atoms with Crippen molar-refractivity contribution in [3.8, 4) is 11.5 Å². The van der Waals surface area contributed by atoms with Gasteiger partial charge < -0.3 is 14.0 Å². The van der Waals surface area contributed by atoms with Gasteiger partial charge in [-0.3, -0.25) is 0 Å². The highest BCUT2D eigenvalue weighted by molar-refractivity contribution is 5.42. The number of methoxy groups -OCH3 is 2. The van der Waals surface area contributed by atoms with E-state index in [4.69, 9.17) is 9.47 Å². The van der Waals surface area contributed by atoms with E-state index < -0.39 is 0 Å². The van der Waals surface area contributed by atoms with Gasteiger partial charge in [0.25, 0.3) is 0 Å². The molecule has 1 fully saturated rings. The van der Waals surface area contributed by atoms with Crippen LogP contribution in [0.4, 0.5) is 0 Å². The standard InChI is InChI=1S/C14H22NO2/c1-15(8-4-9-15)10-7-12-5-6-13(16-2)14(11-12)17-3/h5-6,11H,4,7-10H2,1-3H3/q+1. The van der Waals surface area contributed by atoms with Crippen molar-refractivity contribution < 1.29 is 14.0 Å². The molecule has 1 aromatic rings. The summed E-state index contributed by atoms with van der Waals surface area (Å²) in [5.41, 5.74) is 1.33.